The van der Waals surface area contributed by atoms with Gasteiger partial charge in [0.05, 0.1) is 0 Å². The van der Waals surface area contributed by atoms with Crippen LogP contribution in [0.4, 0.5) is 11.4 Å². The minimum atomic E-state index is 0.967. The van der Waals surface area contributed by atoms with Crippen molar-refractivity contribution in [2.45, 2.75) is 64.7 Å². The summed E-state index contributed by atoms with van der Waals surface area (Å²) < 4.78 is 0. The fourth-order valence-corrected chi connectivity index (χ4v) is 3.19. The number of hydrogen-bond acceptors (Lipinski definition) is 2. The van der Waals surface area contributed by atoms with Crippen LogP contribution >= 0.6 is 0 Å². The Labute approximate surface area is 160 Å². The van der Waals surface area contributed by atoms with Crippen molar-refractivity contribution in [3.8, 4) is 0 Å². The summed E-state index contributed by atoms with van der Waals surface area (Å²) in [7, 11) is 0. The van der Waals surface area contributed by atoms with E-state index in [9.17, 15) is 0 Å². The Morgan fingerprint density at radius 1 is 0.577 bits per heavy atom. The maximum absolute atomic E-state index is 3.54. The van der Waals surface area contributed by atoms with Crippen LogP contribution in [0.2, 0.25) is 0 Å². The van der Waals surface area contributed by atoms with Gasteiger partial charge in [0.25, 0.3) is 0 Å². The summed E-state index contributed by atoms with van der Waals surface area (Å²) >= 11 is 0. The van der Waals surface area contributed by atoms with E-state index in [-0.39, 0.29) is 0 Å². The minimum absolute atomic E-state index is 0.967. The molecule has 0 aliphatic carbocycles. The summed E-state index contributed by atoms with van der Waals surface area (Å²) in [6.07, 6.45) is 12.0. The van der Waals surface area contributed by atoms with E-state index in [1.807, 2.05) is 0 Å². The molecule has 0 atom stereocenters. The molecule has 0 aliphatic heterocycles. The van der Waals surface area contributed by atoms with Gasteiger partial charge in [-0.15, -0.1) is 0 Å². The first kappa shape index (κ1) is 20.4. The highest BCUT2D eigenvalue weighted by atomic mass is 14.9. The van der Waals surface area contributed by atoms with Crippen molar-refractivity contribution >= 4 is 11.4 Å². The van der Waals surface area contributed by atoms with Crippen molar-refractivity contribution in [3.63, 3.8) is 0 Å². The van der Waals surface area contributed by atoms with Crippen molar-refractivity contribution < 1.29 is 0 Å². The monoisotopic (exact) mass is 352 g/mol. The highest BCUT2D eigenvalue weighted by Gasteiger charge is 1.96. The zero-order chi connectivity index (χ0) is 18.3. The van der Waals surface area contributed by atoms with Crippen LogP contribution in [0.3, 0.4) is 0 Å². The molecule has 26 heavy (non-hydrogen) atoms. The Balaban J connectivity index is 1.52. The predicted molar refractivity (Wildman–Crippen MR) is 116 cm³/mol. The maximum atomic E-state index is 3.54. The second-order valence-electron chi connectivity index (χ2n) is 7.14. The van der Waals surface area contributed by atoms with Crippen LogP contribution in [0, 0.1) is 0 Å². The number of hydrogen-bond donors (Lipinski definition) is 2. The molecule has 0 saturated heterocycles. The third kappa shape index (κ3) is 8.94. The van der Waals surface area contributed by atoms with Crippen molar-refractivity contribution in [1.29, 1.82) is 0 Å². The van der Waals surface area contributed by atoms with Crippen molar-refractivity contribution in [1.82, 2.24) is 0 Å². The Morgan fingerprint density at radius 2 is 1.12 bits per heavy atom. The van der Waals surface area contributed by atoms with Crippen molar-refractivity contribution in [2.75, 3.05) is 23.7 Å². The molecule has 2 aromatic carbocycles. The van der Waals surface area contributed by atoms with Gasteiger partial charge < -0.3 is 10.6 Å². The van der Waals surface area contributed by atoms with Gasteiger partial charge in [0.1, 0.15) is 0 Å². The molecular weight excluding hydrogens is 316 g/mol. The van der Waals surface area contributed by atoms with Crippen molar-refractivity contribution in [3.05, 3.63) is 60.2 Å². The Hall–Kier alpha value is -1.96. The lowest BCUT2D eigenvalue weighted by Crippen LogP contribution is -2.05. The first-order chi connectivity index (χ1) is 12.9. The van der Waals surface area contributed by atoms with Gasteiger partial charge in [-0.2, -0.15) is 0 Å². The molecule has 142 valence electrons. The average molecular weight is 353 g/mol. The molecule has 0 spiro atoms. The van der Waals surface area contributed by atoms with Crippen LogP contribution in [0.15, 0.2) is 54.6 Å². The molecule has 0 aromatic heterocycles. The van der Waals surface area contributed by atoms with Gasteiger partial charge in [0.15, 0.2) is 0 Å². The van der Waals surface area contributed by atoms with E-state index in [0.29, 0.717) is 0 Å². The van der Waals surface area contributed by atoms with Crippen LogP contribution < -0.4 is 10.6 Å². The van der Waals surface area contributed by atoms with Gasteiger partial charge in [-0.1, -0.05) is 82.2 Å². The number of rotatable bonds is 14. The normalized spacial score (nSPS) is 10.7. The molecule has 0 saturated carbocycles. The van der Waals surface area contributed by atoms with Crippen LogP contribution in [0.1, 0.15) is 63.9 Å². The van der Waals surface area contributed by atoms with Gasteiger partial charge in [-0.05, 0) is 42.7 Å². The van der Waals surface area contributed by atoms with Crippen LogP contribution in [0.5, 0.6) is 0 Å². The quantitative estimate of drug-likeness (QED) is 0.362. The van der Waals surface area contributed by atoms with E-state index in [0.717, 1.165) is 19.5 Å². The zero-order valence-corrected chi connectivity index (χ0v) is 16.5. The molecular formula is C24H36N2. The Kier molecular flexibility index (Phi) is 10.4. The lowest BCUT2D eigenvalue weighted by molar-refractivity contribution is 0.581. The van der Waals surface area contributed by atoms with Crippen LogP contribution in [-0.4, -0.2) is 13.1 Å². The van der Waals surface area contributed by atoms with Gasteiger partial charge in [0.2, 0.25) is 0 Å². The number of benzene rings is 2. The summed E-state index contributed by atoms with van der Waals surface area (Å²) in [4.78, 5) is 0. The summed E-state index contributed by atoms with van der Waals surface area (Å²) in [5.41, 5.74) is 3.80. The van der Waals surface area contributed by atoms with Crippen molar-refractivity contribution in [2.24, 2.45) is 0 Å². The molecule has 0 unspecified atom stereocenters. The van der Waals surface area contributed by atoms with Crippen LogP contribution in [-0.2, 0) is 6.42 Å². The molecule has 0 heterocycles. The number of unbranched alkanes of at least 4 members (excludes halogenated alkanes) is 7. The van der Waals surface area contributed by atoms with Gasteiger partial charge in [-0.3, -0.25) is 0 Å². The van der Waals surface area contributed by atoms with Crippen LogP contribution in [0.25, 0.3) is 0 Å². The fourth-order valence-electron chi connectivity index (χ4n) is 3.19. The Bertz CT molecular complexity index is 563. The smallest absolute Gasteiger partial charge is 0.0341 e. The predicted octanol–water partition coefficient (Wildman–Crippen LogP) is 6.89. The second-order valence-corrected chi connectivity index (χ2v) is 7.14. The lowest BCUT2D eigenvalue weighted by Gasteiger charge is -2.09. The summed E-state index contributed by atoms with van der Waals surface area (Å²) in [5.74, 6) is 0. The van der Waals surface area contributed by atoms with Gasteiger partial charge >= 0.3 is 0 Å². The summed E-state index contributed by atoms with van der Waals surface area (Å²) in [5, 5.41) is 7.03. The van der Waals surface area contributed by atoms with E-state index in [1.165, 1.54) is 68.3 Å². The third-order valence-electron chi connectivity index (χ3n) is 4.83. The molecule has 0 bridgehead atoms. The molecule has 2 nitrogen and oxygen atoms in total. The van der Waals surface area contributed by atoms with E-state index >= 15 is 0 Å². The summed E-state index contributed by atoms with van der Waals surface area (Å²) in [6.45, 7) is 4.32. The highest BCUT2D eigenvalue weighted by molar-refractivity contribution is 5.53. The maximum Gasteiger partial charge on any atom is 0.0341 e. The Morgan fingerprint density at radius 3 is 1.73 bits per heavy atom. The van der Waals surface area contributed by atoms with Gasteiger partial charge in [0, 0.05) is 24.5 Å². The van der Waals surface area contributed by atoms with E-state index in [2.05, 4.69) is 72.2 Å². The first-order valence-corrected chi connectivity index (χ1v) is 10.5. The molecule has 0 fully saturated rings. The molecule has 2 heteroatoms. The second kappa shape index (κ2) is 13.3. The number of anilines is 2. The lowest BCUT2D eigenvalue weighted by atomic mass is 10.1. The molecule has 2 aromatic rings. The van der Waals surface area contributed by atoms with E-state index in [1.54, 1.807) is 0 Å². The largest absolute Gasteiger partial charge is 0.385 e. The standard InChI is InChI=1S/C24H36N2/c1-2-3-4-5-6-7-8-12-20-25-23-15-17-24(18-16-23)26-21-19-22-13-10-9-11-14-22/h9-11,13-18,25-26H,2-8,12,19-21H2,1H3. The van der Waals surface area contributed by atoms with E-state index in [4.69, 9.17) is 0 Å². The zero-order valence-electron chi connectivity index (χ0n) is 16.5. The minimum Gasteiger partial charge on any atom is -0.385 e. The summed E-state index contributed by atoms with van der Waals surface area (Å²) in [6, 6.07) is 19.3. The molecule has 2 N–H and O–H groups in total. The molecule has 0 amide bonds. The van der Waals surface area contributed by atoms with E-state index < -0.39 is 0 Å². The molecule has 0 aliphatic rings. The first-order valence-electron chi connectivity index (χ1n) is 10.5. The molecule has 0 radical (unpaired) electrons. The van der Waals surface area contributed by atoms with Gasteiger partial charge in [-0.25, -0.2) is 0 Å². The SMILES string of the molecule is CCCCCCCCCCNc1ccc(NCCc2ccccc2)cc1. The fraction of sp³-hybridized carbons (Fsp3) is 0.500. The molecule has 2 rings (SSSR count). The topological polar surface area (TPSA) is 24.1 Å². The third-order valence-corrected chi connectivity index (χ3v) is 4.83. The number of nitrogens with one attached hydrogen (secondary N) is 2. The average Bonchev–Trinajstić information content (AvgIpc) is 2.69. The highest BCUT2D eigenvalue weighted by Crippen LogP contribution is 2.14.